The highest BCUT2D eigenvalue weighted by Crippen LogP contribution is 2.17. The molecule has 5 heteroatoms. The van der Waals surface area contributed by atoms with Gasteiger partial charge in [0.05, 0.1) is 6.10 Å². The van der Waals surface area contributed by atoms with Crippen molar-refractivity contribution in [3.05, 3.63) is 29.3 Å². The molecule has 0 radical (unpaired) electrons. The molecule has 0 bridgehead atoms. The van der Waals surface area contributed by atoms with Gasteiger partial charge in [-0.1, -0.05) is 11.6 Å². The second kappa shape index (κ2) is 7.50. The van der Waals surface area contributed by atoms with Crippen molar-refractivity contribution < 1.29 is 19.0 Å². The molecule has 0 aliphatic carbocycles. The monoisotopic (exact) mass is 298 g/mol. The van der Waals surface area contributed by atoms with Crippen LogP contribution in [-0.2, 0) is 14.3 Å². The largest absolute Gasteiger partial charge is 0.479 e. The maximum absolute atomic E-state index is 11.8. The molecule has 1 aliphatic rings. The zero-order valence-corrected chi connectivity index (χ0v) is 12.3. The number of ether oxygens (including phenoxy) is 3. The van der Waals surface area contributed by atoms with E-state index < -0.39 is 6.10 Å². The summed E-state index contributed by atoms with van der Waals surface area (Å²) in [5.41, 5.74) is 0. The number of halogens is 1. The van der Waals surface area contributed by atoms with Crippen LogP contribution in [0.5, 0.6) is 5.75 Å². The van der Waals surface area contributed by atoms with Gasteiger partial charge in [0.25, 0.3) is 0 Å². The van der Waals surface area contributed by atoms with E-state index in [1.165, 1.54) is 0 Å². The van der Waals surface area contributed by atoms with Crippen LogP contribution in [0.3, 0.4) is 0 Å². The van der Waals surface area contributed by atoms with E-state index in [4.69, 9.17) is 25.8 Å². The SMILES string of the molecule is CC(Oc1ccc(Cl)cc1)C(=O)OCC1CCCCO1. The number of hydrogen-bond acceptors (Lipinski definition) is 4. The van der Waals surface area contributed by atoms with Gasteiger partial charge < -0.3 is 14.2 Å². The first-order chi connectivity index (χ1) is 9.65. The summed E-state index contributed by atoms with van der Waals surface area (Å²) in [5.74, 6) is 0.210. The third-order valence-electron chi connectivity index (χ3n) is 3.14. The molecule has 1 heterocycles. The molecule has 1 fully saturated rings. The highest BCUT2D eigenvalue weighted by Gasteiger charge is 2.20. The van der Waals surface area contributed by atoms with E-state index >= 15 is 0 Å². The fraction of sp³-hybridized carbons (Fsp3) is 0.533. The van der Waals surface area contributed by atoms with Crippen LogP contribution in [0.4, 0.5) is 0 Å². The van der Waals surface area contributed by atoms with E-state index in [2.05, 4.69) is 0 Å². The zero-order chi connectivity index (χ0) is 14.4. The average Bonchev–Trinajstić information content (AvgIpc) is 2.48. The Labute approximate surface area is 124 Å². The molecular weight excluding hydrogens is 280 g/mol. The van der Waals surface area contributed by atoms with Crippen LogP contribution >= 0.6 is 11.6 Å². The quantitative estimate of drug-likeness (QED) is 0.783. The number of carbonyl (C=O) groups is 1. The van der Waals surface area contributed by atoms with Crippen molar-refractivity contribution in [2.75, 3.05) is 13.2 Å². The fourth-order valence-electron chi connectivity index (χ4n) is 2.00. The van der Waals surface area contributed by atoms with Crippen LogP contribution in [0.2, 0.25) is 5.02 Å². The normalized spacial score (nSPS) is 20.2. The van der Waals surface area contributed by atoms with Gasteiger partial charge in [-0.2, -0.15) is 0 Å². The molecule has 2 rings (SSSR count). The second-order valence-corrected chi connectivity index (χ2v) is 5.27. The molecule has 2 atom stereocenters. The summed E-state index contributed by atoms with van der Waals surface area (Å²) in [7, 11) is 0. The minimum atomic E-state index is -0.653. The van der Waals surface area contributed by atoms with Crippen molar-refractivity contribution >= 4 is 17.6 Å². The number of rotatable bonds is 5. The summed E-state index contributed by atoms with van der Waals surface area (Å²) in [6, 6.07) is 6.86. The molecule has 110 valence electrons. The molecule has 0 saturated carbocycles. The Balaban J connectivity index is 1.75. The molecule has 0 spiro atoms. The first kappa shape index (κ1) is 15.1. The van der Waals surface area contributed by atoms with E-state index in [9.17, 15) is 4.79 Å². The van der Waals surface area contributed by atoms with Gasteiger partial charge in [0.1, 0.15) is 12.4 Å². The standard InChI is InChI=1S/C15H19ClO4/c1-11(20-13-7-5-12(16)6-8-13)15(17)19-10-14-4-2-3-9-18-14/h5-8,11,14H,2-4,9-10H2,1H3. The molecular formula is C15H19ClO4. The maximum atomic E-state index is 11.8. The molecule has 1 aromatic carbocycles. The third-order valence-corrected chi connectivity index (χ3v) is 3.40. The highest BCUT2D eigenvalue weighted by molar-refractivity contribution is 6.30. The lowest BCUT2D eigenvalue weighted by atomic mass is 10.1. The predicted molar refractivity (Wildman–Crippen MR) is 76.1 cm³/mol. The number of esters is 1. The molecule has 20 heavy (non-hydrogen) atoms. The van der Waals surface area contributed by atoms with Gasteiger partial charge in [0.2, 0.25) is 0 Å². The number of hydrogen-bond donors (Lipinski definition) is 0. The number of benzene rings is 1. The van der Waals surface area contributed by atoms with Gasteiger partial charge in [-0.25, -0.2) is 4.79 Å². The highest BCUT2D eigenvalue weighted by atomic mass is 35.5. The Kier molecular flexibility index (Phi) is 5.68. The summed E-state index contributed by atoms with van der Waals surface area (Å²) < 4.78 is 16.2. The van der Waals surface area contributed by atoms with Gasteiger partial charge in [-0.15, -0.1) is 0 Å². The van der Waals surface area contributed by atoms with E-state index in [-0.39, 0.29) is 12.1 Å². The Bertz CT molecular complexity index is 426. The molecule has 4 nitrogen and oxygen atoms in total. The van der Waals surface area contributed by atoms with Crippen LogP contribution in [0.15, 0.2) is 24.3 Å². The first-order valence-corrected chi connectivity index (χ1v) is 7.23. The van der Waals surface area contributed by atoms with Crippen LogP contribution < -0.4 is 4.74 Å². The lowest BCUT2D eigenvalue weighted by Gasteiger charge is -2.23. The van der Waals surface area contributed by atoms with Gasteiger partial charge in [0.15, 0.2) is 6.10 Å². The summed E-state index contributed by atoms with van der Waals surface area (Å²) in [5, 5.41) is 0.627. The fourth-order valence-corrected chi connectivity index (χ4v) is 2.12. The second-order valence-electron chi connectivity index (χ2n) is 4.83. The smallest absolute Gasteiger partial charge is 0.347 e. The molecule has 1 saturated heterocycles. The molecule has 0 N–H and O–H groups in total. The molecule has 2 unspecified atom stereocenters. The third kappa shape index (κ3) is 4.69. The summed E-state index contributed by atoms with van der Waals surface area (Å²) >= 11 is 5.79. The maximum Gasteiger partial charge on any atom is 0.347 e. The van der Waals surface area contributed by atoms with Crippen LogP contribution in [0, 0.1) is 0 Å². The van der Waals surface area contributed by atoms with Crippen molar-refractivity contribution in [1.82, 2.24) is 0 Å². The summed E-state index contributed by atoms with van der Waals surface area (Å²) in [6.07, 6.45) is 2.52. The minimum Gasteiger partial charge on any atom is -0.479 e. The Morgan fingerprint density at radius 2 is 2.15 bits per heavy atom. The Morgan fingerprint density at radius 1 is 1.40 bits per heavy atom. The zero-order valence-electron chi connectivity index (χ0n) is 11.5. The Morgan fingerprint density at radius 3 is 2.80 bits per heavy atom. The topological polar surface area (TPSA) is 44.8 Å². The molecule has 1 aliphatic heterocycles. The number of carbonyl (C=O) groups excluding carboxylic acids is 1. The first-order valence-electron chi connectivity index (χ1n) is 6.85. The lowest BCUT2D eigenvalue weighted by molar-refractivity contribution is -0.156. The van der Waals surface area contributed by atoms with Crippen LogP contribution in [0.1, 0.15) is 26.2 Å². The Hall–Kier alpha value is -1.26. The van der Waals surface area contributed by atoms with E-state index in [0.29, 0.717) is 17.4 Å². The van der Waals surface area contributed by atoms with Gasteiger partial charge in [0, 0.05) is 11.6 Å². The van der Waals surface area contributed by atoms with Crippen LogP contribution in [-0.4, -0.2) is 31.4 Å². The van der Waals surface area contributed by atoms with Crippen molar-refractivity contribution in [3.8, 4) is 5.75 Å². The van der Waals surface area contributed by atoms with Gasteiger partial charge in [-0.3, -0.25) is 0 Å². The van der Waals surface area contributed by atoms with Crippen molar-refractivity contribution in [1.29, 1.82) is 0 Å². The van der Waals surface area contributed by atoms with E-state index in [1.807, 2.05) is 0 Å². The van der Waals surface area contributed by atoms with Gasteiger partial charge in [-0.05, 0) is 50.5 Å². The molecule has 1 aromatic rings. The molecule has 0 aromatic heterocycles. The average molecular weight is 299 g/mol. The van der Waals surface area contributed by atoms with Crippen LogP contribution in [0.25, 0.3) is 0 Å². The van der Waals surface area contributed by atoms with Crippen molar-refractivity contribution in [3.63, 3.8) is 0 Å². The van der Waals surface area contributed by atoms with E-state index in [1.54, 1.807) is 31.2 Å². The van der Waals surface area contributed by atoms with Gasteiger partial charge >= 0.3 is 5.97 Å². The lowest BCUT2D eigenvalue weighted by Crippen LogP contribution is -2.31. The van der Waals surface area contributed by atoms with Crippen molar-refractivity contribution in [2.24, 2.45) is 0 Å². The minimum absolute atomic E-state index is 0.0235. The summed E-state index contributed by atoms with van der Waals surface area (Å²) in [4.78, 5) is 11.8. The molecule has 0 amide bonds. The summed E-state index contributed by atoms with van der Waals surface area (Å²) in [6.45, 7) is 2.71. The van der Waals surface area contributed by atoms with Crippen molar-refractivity contribution in [2.45, 2.75) is 38.4 Å². The predicted octanol–water partition coefficient (Wildman–Crippen LogP) is 3.22. The van der Waals surface area contributed by atoms with E-state index in [0.717, 1.165) is 25.9 Å².